The molecule has 2 aromatic carbocycles. The Labute approximate surface area is 221 Å². The van der Waals surface area contributed by atoms with Gasteiger partial charge >= 0.3 is 0 Å². The average molecular weight is 505 g/mol. The van der Waals surface area contributed by atoms with Gasteiger partial charge in [0.05, 0.1) is 5.56 Å². The summed E-state index contributed by atoms with van der Waals surface area (Å²) < 4.78 is 1.47. The van der Waals surface area contributed by atoms with Gasteiger partial charge in [-0.05, 0) is 55.8 Å². The van der Waals surface area contributed by atoms with Crippen molar-refractivity contribution in [2.75, 3.05) is 41.3 Å². The number of nitriles is 1. The molecule has 0 bridgehead atoms. The third kappa shape index (κ3) is 5.00. The van der Waals surface area contributed by atoms with Crippen LogP contribution in [0.4, 0.5) is 17.2 Å². The lowest BCUT2D eigenvalue weighted by Gasteiger charge is -2.37. The number of fused-ring (bicyclic) bond motifs is 1. The number of piperazine rings is 1. The summed E-state index contributed by atoms with van der Waals surface area (Å²) >= 11 is 0. The highest BCUT2D eigenvalue weighted by atomic mass is 16.1. The molecule has 1 aliphatic rings. The second-order valence-electron chi connectivity index (χ2n) is 9.34. The Hall–Kier alpha value is -4.90. The van der Waals surface area contributed by atoms with E-state index in [0.717, 1.165) is 29.9 Å². The number of aryl methyl sites for hydroxylation is 2. The molecule has 1 aliphatic heterocycles. The Morgan fingerprint density at radius 1 is 0.947 bits per heavy atom. The van der Waals surface area contributed by atoms with Crippen LogP contribution in [0.5, 0.6) is 0 Å². The third-order valence-electron chi connectivity index (χ3n) is 6.73. The molecule has 0 saturated carbocycles. The summed E-state index contributed by atoms with van der Waals surface area (Å²) in [6.45, 7) is 6.64. The van der Waals surface area contributed by atoms with Crippen LogP contribution in [0.15, 0.2) is 83.3 Å². The topological polar surface area (TPSA) is 93.7 Å². The zero-order valence-corrected chi connectivity index (χ0v) is 21.4. The lowest BCUT2D eigenvalue weighted by atomic mass is 10.1. The van der Waals surface area contributed by atoms with Crippen LogP contribution >= 0.6 is 0 Å². The van der Waals surface area contributed by atoms with Crippen LogP contribution in [0, 0.1) is 25.2 Å². The Balaban J connectivity index is 1.53. The Kier molecular flexibility index (Phi) is 6.92. The van der Waals surface area contributed by atoms with Crippen LogP contribution in [0.2, 0.25) is 0 Å². The van der Waals surface area contributed by atoms with Gasteiger partial charge in [-0.15, -0.1) is 0 Å². The fourth-order valence-corrected chi connectivity index (χ4v) is 4.61. The second-order valence-corrected chi connectivity index (χ2v) is 9.34. The standard InChI is InChI=1S/C30H28N6O2/c1-21-10-12-24(13-11-21)32-29(37)23(20-31)19-26-28(33-27-22(2)7-6-14-36(27)30(26)38)35-17-15-34(16-18-35)25-8-4-3-5-9-25/h3-14,19H,15-18H2,1-2H3,(H,32,37). The van der Waals surface area contributed by atoms with Crippen molar-refractivity contribution in [2.45, 2.75) is 13.8 Å². The summed E-state index contributed by atoms with van der Waals surface area (Å²) in [5, 5.41) is 12.6. The number of hydrogen-bond acceptors (Lipinski definition) is 6. The molecule has 38 heavy (non-hydrogen) atoms. The van der Waals surface area contributed by atoms with E-state index in [1.165, 1.54) is 10.5 Å². The van der Waals surface area contributed by atoms with Crippen molar-refractivity contribution in [3.63, 3.8) is 0 Å². The molecule has 8 nitrogen and oxygen atoms in total. The number of amides is 1. The first-order valence-corrected chi connectivity index (χ1v) is 12.5. The lowest BCUT2D eigenvalue weighted by Crippen LogP contribution is -2.47. The predicted molar refractivity (Wildman–Crippen MR) is 150 cm³/mol. The summed E-state index contributed by atoms with van der Waals surface area (Å²) in [7, 11) is 0. The first-order chi connectivity index (χ1) is 18.4. The number of nitrogens with one attached hydrogen (secondary N) is 1. The van der Waals surface area contributed by atoms with Gasteiger partial charge in [0.15, 0.2) is 0 Å². The molecular weight excluding hydrogens is 476 g/mol. The highest BCUT2D eigenvalue weighted by Gasteiger charge is 2.24. The number of carbonyl (C=O) groups is 1. The molecule has 3 heterocycles. The molecule has 0 aliphatic carbocycles. The number of pyridine rings is 1. The van der Waals surface area contributed by atoms with Crippen molar-refractivity contribution in [2.24, 2.45) is 0 Å². The first-order valence-electron chi connectivity index (χ1n) is 12.5. The lowest BCUT2D eigenvalue weighted by molar-refractivity contribution is -0.112. The van der Waals surface area contributed by atoms with E-state index in [2.05, 4.69) is 27.2 Å². The Morgan fingerprint density at radius 2 is 1.63 bits per heavy atom. The molecule has 4 aromatic rings. The van der Waals surface area contributed by atoms with Crippen molar-refractivity contribution in [1.29, 1.82) is 5.26 Å². The Bertz CT molecular complexity index is 1610. The number of carbonyl (C=O) groups excluding carboxylic acids is 1. The fraction of sp³-hybridized carbons (Fsp3) is 0.200. The smallest absolute Gasteiger partial charge is 0.267 e. The van der Waals surface area contributed by atoms with E-state index in [-0.39, 0.29) is 16.7 Å². The Morgan fingerprint density at radius 3 is 2.32 bits per heavy atom. The van der Waals surface area contributed by atoms with Gasteiger partial charge in [0, 0.05) is 43.8 Å². The number of para-hydroxylation sites is 1. The summed E-state index contributed by atoms with van der Waals surface area (Å²) in [5.41, 5.74) is 3.92. The molecule has 0 radical (unpaired) electrons. The molecular formula is C30H28N6O2. The van der Waals surface area contributed by atoms with E-state index in [9.17, 15) is 14.9 Å². The molecule has 5 rings (SSSR count). The summed E-state index contributed by atoms with van der Waals surface area (Å²) in [5.74, 6) is -0.0992. The van der Waals surface area contributed by atoms with Crippen molar-refractivity contribution >= 4 is 34.8 Å². The molecule has 1 N–H and O–H groups in total. The van der Waals surface area contributed by atoms with Crippen LogP contribution in [-0.4, -0.2) is 41.5 Å². The maximum atomic E-state index is 13.7. The van der Waals surface area contributed by atoms with E-state index >= 15 is 0 Å². The molecule has 1 amide bonds. The molecule has 190 valence electrons. The molecule has 0 atom stereocenters. The van der Waals surface area contributed by atoms with Crippen molar-refractivity contribution in [3.05, 3.63) is 106 Å². The molecule has 0 unspecified atom stereocenters. The maximum absolute atomic E-state index is 13.7. The van der Waals surface area contributed by atoms with Crippen LogP contribution in [0.25, 0.3) is 11.7 Å². The highest BCUT2D eigenvalue weighted by molar-refractivity contribution is 6.10. The largest absolute Gasteiger partial charge is 0.368 e. The van der Waals surface area contributed by atoms with Gasteiger partial charge in [-0.2, -0.15) is 5.26 Å². The quantitative estimate of drug-likeness (QED) is 0.324. The minimum absolute atomic E-state index is 0.166. The van der Waals surface area contributed by atoms with Crippen LogP contribution < -0.4 is 20.7 Å². The number of hydrogen-bond donors (Lipinski definition) is 1. The normalized spacial score (nSPS) is 13.9. The number of benzene rings is 2. The van der Waals surface area contributed by atoms with E-state index in [1.54, 1.807) is 24.4 Å². The van der Waals surface area contributed by atoms with Crippen molar-refractivity contribution in [3.8, 4) is 6.07 Å². The average Bonchev–Trinajstić information content (AvgIpc) is 2.94. The van der Waals surface area contributed by atoms with Crippen LogP contribution in [-0.2, 0) is 4.79 Å². The van der Waals surface area contributed by atoms with E-state index in [4.69, 9.17) is 4.98 Å². The number of anilines is 3. The van der Waals surface area contributed by atoms with Gasteiger partial charge in [0.1, 0.15) is 23.1 Å². The van der Waals surface area contributed by atoms with Gasteiger partial charge in [0.25, 0.3) is 11.5 Å². The summed E-state index contributed by atoms with van der Waals surface area (Å²) in [6.07, 6.45) is 3.02. The van der Waals surface area contributed by atoms with Gasteiger partial charge in [-0.3, -0.25) is 14.0 Å². The molecule has 1 saturated heterocycles. The summed E-state index contributed by atoms with van der Waals surface area (Å²) in [4.78, 5) is 35.9. The predicted octanol–water partition coefficient (Wildman–Crippen LogP) is 4.18. The van der Waals surface area contributed by atoms with Gasteiger partial charge in [-0.25, -0.2) is 4.98 Å². The van der Waals surface area contributed by atoms with Gasteiger partial charge < -0.3 is 15.1 Å². The second kappa shape index (κ2) is 10.6. The summed E-state index contributed by atoms with van der Waals surface area (Å²) in [6, 6.07) is 23.2. The van der Waals surface area contributed by atoms with Gasteiger partial charge in [0.2, 0.25) is 0 Å². The van der Waals surface area contributed by atoms with Crippen molar-refractivity contribution < 1.29 is 4.79 Å². The van der Waals surface area contributed by atoms with Gasteiger partial charge in [-0.1, -0.05) is 42.0 Å². The molecule has 1 fully saturated rings. The number of aromatic nitrogens is 2. The molecule has 2 aromatic heterocycles. The van der Waals surface area contributed by atoms with Crippen LogP contribution in [0.3, 0.4) is 0 Å². The maximum Gasteiger partial charge on any atom is 0.267 e. The first kappa shape index (κ1) is 24.8. The number of nitrogens with zero attached hydrogens (tertiary/aromatic N) is 5. The zero-order chi connectivity index (χ0) is 26.6. The number of rotatable bonds is 5. The highest BCUT2D eigenvalue weighted by Crippen LogP contribution is 2.24. The zero-order valence-electron chi connectivity index (χ0n) is 21.4. The molecule has 8 heteroatoms. The monoisotopic (exact) mass is 504 g/mol. The fourth-order valence-electron chi connectivity index (χ4n) is 4.61. The van der Waals surface area contributed by atoms with E-state index in [0.29, 0.717) is 30.2 Å². The van der Waals surface area contributed by atoms with Crippen molar-refractivity contribution in [1.82, 2.24) is 9.38 Å². The minimum Gasteiger partial charge on any atom is -0.368 e. The third-order valence-corrected chi connectivity index (χ3v) is 6.73. The van der Waals surface area contributed by atoms with E-state index < -0.39 is 5.91 Å². The SMILES string of the molecule is Cc1ccc(NC(=O)C(C#N)=Cc2c(N3CCN(c4ccccc4)CC3)nc3c(C)cccn3c2=O)cc1. The minimum atomic E-state index is -0.579. The van der Waals surface area contributed by atoms with E-state index in [1.807, 2.05) is 56.3 Å². The van der Waals surface area contributed by atoms with Crippen LogP contribution in [0.1, 0.15) is 16.7 Å². The molecule has 0 spiro atoms.